The highest BCUT2D eigenvalue weighted by Gasteiger charge is 2.06. The number of methoxy groups -OCH3 is 1. The number of anilines is 1. The third-order valence-corrected chi connectivity index (χ3v) is 2.16. The van der Waals surface area contributed by atoms with Crippen LogP contribution in [0.5, 0.6) is 11.5 Å². The molecule has 0 spiro atoms. The summed E-state index contributed by atoms with van der Waals surface area (Å²) in [6, 6.07) is 8.78. The van der Waals surface area contributed by atoms with Crippen LogP contribution >= 0.6 is 0 Å². The molecule has 0 bridgehead atoms. The van der Waals surface area contributed by atoms with E-state index >= 15 is 0 Å². The number of phenols is 1. The van der Waals surface area contributed by atoms with Gasteiger partial charge in [-0.1, -0.05) is 12.1 Å². The van der Waals surface area contributed by atoms with Gasteiger partial charge in [-0.3, -0.25) is 0 Å². The number of fused-ring (bicyclic) bond motifs is 1. The normalized spacial score (nSPS) is 10.4. The number of nitrogens with two attached hydrogens (primary N) is 1. The number of rotatable bonds is 1. The predicted molar refractivity (Wildman–Crippen MR) is 56.6 cm³/mol. The summed E-state index contributed by atoms with van der Waals surface area (Å²) in [7, 11) is 1.56. The van der Waals surface area contributed by atoms with Crippen LogP contribution in [0.25, 0.3) is 10.8 Å². The molecule has 0 unspecified atom stereocenters. The van der Waals surface area contributed by atoms with Gasteiger partial charge < -0.3 is 15.6 Å². The molecule has 0 aromatic heterocycles. The van der Waals surface area contributed by atoms with Gasteiger partial charge in [-0.25, -0.2) is 0 Å². The van der Waals surface area contributed by atoms with Crippen LogP contribution in [0, 0.1) is 0 Å². The van der Waals surface area contributed by atoms with Crippen molar-refractivity contribution in [2.45, 2.75) is 0 Å². The smallest absolute Gasteiger partial charge is 0.132 e. The van der Waals surface area contributed by atoms with Crippen LogP contribution in [0.15, 0.2) is 30.3 Å². The molecule has 0 heterocycles. The second-order valence-electron chi connectivity index (χ2n) is 3.10. The highest BCUT2D eigenvalue weighted by atomic mass is 16.5. The van der Waals surface area contributed by atoms with E-state index in [1.165, 1.54) is 0 Å². The van der Waals surface area contributed by atoms with E-state index in [-0.39, 0.29) is 5.75 Å². The molecule has 3 N–H and O–H groups in total. The molecule has 0 saturated heterocycles. The lowest BCUT2D eigenvalue weighted by atomic mass is 10.1. The number of nitrogen functional groups attached to an aromatic ring is 1. The minimum absolute atomic E-state index is 0.208. The summed E-state index contributed by atoms with van der Waals surface area (Å²) in [4.78, 5) is 0. The molecule has 2 aromatic carbocycles. The Morgan fingerprint density at radius 1 is 1.29 bits per heavy atom. The number of hydrogen-bond acceptors (Lipinski definition) is 3. The zero-order chi connectivity index (χ0) is 10.1. The zero-order valence-corrected chi connectivity index (χ0v) is 7.82. The maximum absolute atomic E-state index is 9.65. The molecule has 0 saturated carbocycles. The van der Waals surface area contributed by atoms with Crippen LogP contribution in [-0.4, -0.2) is 12.2 Å². The molecule has 2 rings (SSSR count). The van der Waals surface area contributed by atoms with Crippen LogP contribution < -0.4 is 10.5 Å². The van der Waals surface area contributed by atoms with Gasteiger partial charge in [-0.15, -0.1) is 0 Å². The zero-order valence-electron chi connectivity index (χ0n) is 7.82. The largest absolute Gasteiger partial charge is 0.507 e. The van der Waals surface area contributed by atoms with E-state index in [1.54, 1.807) is 31.4 Å². The molecule has 0 amide bonds. The molecule has 3 heteroatoms. The molecule has 0 fully saturated rings. The highest BCUT2D eigenvalue weighted by Crippen LogP contribution is 2.34. The fraction of sp³-hybridized carbons (Fsp3) is 0.0909. The molecule has 72 valence electrons. The number of benzene rings is 2. The van der Waals surface area contributed by atoms with Crippen molar-refractivity contribution >= 4 is 16.5 Å². The Bertz CT molecular complexity index is 480. The van der Waals surface area contributed by atoms with Crippen LogP contribution in [-0.2, 0) is 0 Å². The number of ether oxygens (including phenoxy) is 1. The Morgan fingerprint density at radius 3 is 2.79 bits per heavy atom. The second kappa shape index (κ2) is 3.10. The SMILES string of the molecule is COc1cc(N)cc2cccc(O)c12. The molecule has 0 aliphatic rings. The third-order valence-electron chi connectivity index (χ3n) is 2.16. The Morgan fingerprint density at radius 2 is 2.07 bits per heavy atom. The fourth-order valence-corrected chi connectivity index (χ4v) is 1.55. The first-order valence-electron chi connectivity index (χ1n) is 4.27. The summed E-state index contributed by atoms with van der Waals surface area (Å²) in [6.07, 6.45) is 0. The van der Waals surface area contributed by atoms with Crippen LogP contribution in [0.3, 0.4) is 0 Å². The first-order valence-corrected chi connectivity index (χ1v) is 4.27. The van der Waals surface area contributed by atoms with Crippen molar-refractivity contribution < 1.29 is 9.84 Å². The topological polar surface area (TPSA) is 55.5 Å². The quantitative estimate of drug-likeness (QED) is 0.676. The monoisotopic (exact) mass is 189 g/mol. The molecule has 2 aromatic rings. The summed E-state index contributed by atoms with van der Waals surface area (Å²) in [5.41, 5.74) is 6.31. The summed E-state index contributed by atoms with van der Waals surface area (Å²) in [5, 5.41) is 11.2. The first kappa shape index (κ1) is 8.69. The Kier molecular flexibility index (Phi) is 1.93. The molecular weight excluding hydrogens is 178 g/mol. The summed E-state index contributed by atoms with van der Waals surface area (Å²) < 4.78 is 5.15. The predicted octanol–water partition coefficient (Wildman–Crippen LogP) is 2.14. The van der Waals surface area contributed by atoms with Crippen LogP contribution in [0.4, 0.5) is 5.69 Å². The molecular formula is C11H11NO2. The number of aromatic hydroxyl groups is 1. The van der Waals surface area contributed by atoms with Gasteiger partial charge in [0.15, 0.2) is 0 Å². The van der Waals surface area contributed by atoms with Crippen LogP contribution in [0.2, 0.25) is 0 Å². The second-order valence-corrected chi connectivity index (χ2v) is 3.10. The fourth-order valence-electron chi connectivity index (χ4n) is 1.55. The minimum atomic E-state index is 0.208. The number of hydrogen-bond donors (Lipinski definition) is 2. The van der Waals surface area contributed by atoms with Gasteiger partial charge in [0.25, 0.3) is 0 Å². The van der Waals surface area contributed by atoms with Gasteiger partial charge in [0.2, 0.25) is 0 Å². The minimum Gasteiger partial charge on any atom is -0.507 e. The molecule has 0 aliphatic carbocycles. The number of phenolic OH excluding ortho intramolecular Hbond substituents is 1. The lowest BCUT2D eigenvalue weighted by molar-refractivity contribution is 0.416. The van der Waals surface area contributed by atoms with Crippen molar-refractivity contribution in [3.8, 4) is 11.5 Å². The van der Waals surface area contributed by atoms with Crippen molar-refractivity contribution in [2.75, 3.05) is 12.8 Å². The average molecular weight is 189 g/mol. The first-order chi connectivity index (χ1) is 6.72. The Hall–Kier alpha value is -1.90. The molecule has 14 heavy (non-hydrogen) atoms. The molecule has 0 aliphatic heterocycles. The maximum Gasteiger partial charge on any atom is 0.132 e. The third kappa shape index (κ3) is 1.23. The summed E-state index contributed by atoms with van der Waals surface area (Å²) in [5.74, 6) is 0.803. The van der Waals surface area contributed by atoms with Crippen molar-refractivity contribution in [1.82, 2.24) is 0 Å². The van der Waals surface area contributed by atoms with E-state index in [1.807, 2.05) is 6.07 Å². The summed E-state index contributed by atoms with van der Waals surface area (Å²) >= 11 is 0. The maximum atomic E-state index is 9.65. The molecule has 0 atom stereocenters. The lowest BCUT2D eigenvalue weighted by Crippen LogP contribution is -1.90. The van der Waals surface area contributed by atoms with Crippen molar-refractivity contribution in [2.24, 2.45) is 0 Å². The van der Waals surface area contributed by atoms with E-state index in [2.05, 4.69) is 0 Å². The highest BCUT2D eigenvalue weighted by molar-refractivity contribution is 5.95. The van der Waals surface area contributed by atoms with E-state index < -0.39 is 0 Å². The van der Waals surface area contributed by atoms with Gasteiger partial charge in [-0.05, 0) is 17.5 Å². The van der Waals surface area contributed by atoms with Crippen molar-refractivity contribution in [3.63, 3.8) is 0 Å². The van der Waals surface area contributed by atoms with Gasteiger partial charge in [0.05, 0.1) is 12.5 Å². The van der Waals surface area contributed by atoms with Crippen molar-refractivity contribution in [1.29, 1.82) is 0 Å². The van der Waals surface area contributed by atoms with Gasteiger partial charge in [0, 0.05) is 11.8 Å². The lowest BCUT2D eigenvalue weighted by Gasteiger charge is -2.08. The van der Waals surface area contributed by atoms with Gasteiger partial charge in [0.1, 0.15) is 11.5 Å². The van der Waals surface area contributed by atoms with Gasteiger partial charge >= 0.3 is 0 Å². The van der Waals surface area contributed by atoms with E-state index in [9.17, 15) is 5.11 Å². The average Bonchev–Trinajstić information content (AvgIpc) is 2.16. The summed E-state index contributed by atoms with van der Waals surface area (Å²) in [6.45, 7) is 0. The van der Waals surface area contributed by atoms with Crippen molar-refractivity contribution in [3.05, 3.63) is 30.3 Å². The molecule has 3 nitrogen and oxygen atoms in total. The van der Waals surface area contributed by atoms with Gasteiger partial charge in [-0.2, -0.15) is 0 Å². The Balaban J connectivity index is 2.88. The standard InChI is InChI=1S/C11H11NO2/c1-14-10-6-8(12)5-7-3-2-4-9(13)11(7)10/h2-6,13H,12H2,1H3. The Labute approximate surface area is 81.7 Å². The van der Waals surface area contributed by atoms with E-state index in [0.717, 1.165) is 5.39 Å². The van der Waals surface area contributed by atoms with Crippen LogP contribution in [0.1, 0.15) is 0 Å². The molecule has 0 radical (unpaired) electrons. The van der Waals surface area contributed by atoms with E-state index in [0.29, 0.717) is 16.8 Å². The van der Waals surface area contributed by atoms with E-state index in [4.69, 9.17) is 10.5 Å².